The van der Waals surface area contributed by atoms with Gasteiger partial charge in [-0.2, -0.15) is 5.10 Å². The van der Waals surface area contributed by atoms with Crippen molar-refractivity contribution in [1.29, 1.82) is 0 Å². The van der Waals surface area contributed by atoms with Crippen LogP contribution in [-0.2, 0) is 9.59 Å². The lowest BCUT2D eigenvalue weighted by Gasteiger charge is -2.26. The van der Waals surface area contributed by atoms with Crippen LogP contribution in [0, 0.1) is 13.8 Å². The van der Waals surface area contributed by atoms with Crippen LogP contribution in [0.5, 0.6) is 0 Å². The second-order valence-corrected chi connectivity index (χ2v) is 6.21. The molecule has 0 atom stereocenters. The lowest BCUT2D eigenvalue weighted by Crippen LogP contribution is -2.40. The first-order valence-electron chi connectivity index (χ1n) is 8.24. The van der Waals surface area contributed by atoms with Gasteiger partial charge in [0, 0.05) is 24.3 Å². The zero-order chi connectivity index (χ0) is 17.1. The number of carbonyl (C=O) groups excluding carboxylic acids is 2. The highest BCUT2D eigenvalue weighted by molar-refractivity contribution is 5.94. The number of aryl methyl sites for hydroxylation is 2. The second-order valence-electron chi connectivity index (χ2n) is 6.21. The summed E-state index contributed by atoms with van der Waals surface area (Å²) in [5.41, 5.74) is 3.59. The monoisotopic (exact) mass is 326 g/mol. The summed E-state index contributed by atoms with van der Waals surface area (Å²) < 4.78 is 1.85. The Morgan fingerprint density at radius 2 is 2.08 bits per heavy atom. The second kappa shape index (κ2) is 6.86. The van der Waals surface area contributed by atoms with Gasteiger partial charge in [-0.05, 0) is 51.0 Å². The number of anilines is 1. The first kappa shape index (κ1) is 16.2. The predicted octanol–water partition coefficient (Wildman–Crippen LogP) is 2.44. The van der Waals surface area contributed by atoms with Crippen molar-refractivity contribution in [2.75, 3.05) is 18.4 Å². The maximum Gasteiger partial charge on any atom is 0.243 e. The van der Waals surface area contributed by atoms with Gasteiger partial charge in [-0.1, -0.05) is 6.07 Å². The van der Waals surface area contributed by atoms with Crippen molar-refractivity contribution < 1.29 is 9.59 Å². The summed E-state index contributed by atoms with van der Waals surface area (Å²) in [6.45, 7) is 4.72. The van der Waals surface area contributed by atoms with Crippen LogP contribution in [0.15, 0.2) is 30.3 Å². The number of benzene rings is 1. The van der Waals surface area contributed by atoms with E-state index >= 15 is 0 Å². The Morgan fingerprint density at radius 3 is 2.79 bits per heavy atom. The molecule has 0 unspecified atom stereocenters. The van der Waals surface area contributed by atoms with Crippen LogP contribution in [0.1, 0.15) is 30.7 Å². The van der Waals surface area contributed by atoms with Gasteiger partial charge in [-0.15, -0.1) is 0 Å². The van der Waals surface area contributed by atoms with Gasteiger partial charge in [-0.3, -0.25) is 9.59 Å². The number of rotatable bonds is 4. The van der Waals surface area contributed by atoms with E-state index in [1.54, 1.807) is 4.90 Å². The third-order valence-corrected chi connectivity index (χ3v) is 4.14. The van der Waals surface area contributed by atoms with Gasteiger partial charge in [0.25, 0.3) is 0 Å². The van der Waals surface area contributed by atoms with Crippen LogP contribution in [-0.4, -0.2) is 39.6 Å². The third-order valence-electron chi connectivity index (χ3n) is 4.14. The van der Waals surface area contributed by atoms with E-state index in [1.165, 1.54) is 0 Å². The Labute approximate surface area is 141 Å². The number of likely N-dealkylation sites (tertiary alicyclic amines) is 1. The Morgan fingerprint density at radius 1 is 1.25 bits per heavy atom. The zero-order valence-corrected chi connectivity index (χ0v) is 14.1. The van der Waals surface area contributed by atoms with E-state index in [2.05, 4.69) is 10.4 Å². The molecule has 0 bridgehead atoms. The fourth-order valence-corrected chi connectivity index (χ4v) is 3.01. The first-order chi connectivity index (χ1) is 11.5. The molecule has 1 aromatic heterocycles. The smallest absolute Gasteiger partial charge is 0.243 e. The van der Waals surface area contributed by atoms with Crippen LogP contribution in [0.25, 0.3) is 5.69 Å². The van der Waals surface area contributed by atoms with Crippen molar-refractivity contribution in [3.63, 3.8) is 0 Å². The molecule has 2 amide bonds. The molecule has 6 nitrogen and oxygen atoms in total. The quantitative estimate of drug-likeness (QED) is 0.938. The first-order valence-corrected chi connectivity index (χ1v) is 8.24. The molecule has 1 aromatic carbocycles. The predicted molar refractivity (Wildman–Crippen MR) is 92.1 cm³/mol. The Balaban J connectivity index is 1.69. The number of hydrogen-bond donors (Lipinski definition) is 1. The fraction of sp³-hybridized carbons (Fsp3) is 0.389. The number of nitrogens with zero attached hydrogens (tertiary/aromatic N) is 3. The SMILES string of the molecule is Cc1cc(C)n(-c2cccc(NC(=O)CN3CCCCC3=O)c2)n1. The summed E-state index contributed by atoms with van der Waals surface area (Å²) in [6.07, 6.45) is 2.43. The van der Waals surface area contributed by atoms with Gasteiger partial charge in [-0.25, -0.2) is 4.68 Å². The fourth-order valence-electron chi connectivity index (χ4n) is 3.01. The summed E-state index contributed by atoms with van der Waals surface area (Å²) >= 11 is 0. The standard InChI is InChI=1S/C18H22N4O2/c1-13-10-14(2)22(20-13)16-7-5-6-15(11-16)19-17(23)12-21-9-4-3-8-18(21)24/h5-7,10-11H,3-4,8-9,12H2,1-2H3,(H,19,23). The van der Waals surface area contributed by atoms with Crippen molar-refractivity contribution in [1.82, 2.24) is 14.7 Å². The van der Waals surface area contributed by atoms with E-state index in [0.29, 0.717) is 18.7 Å². The molecular formula is C18H22N4O2. The van der Waals surface area contributed by atoms with Crippen LogP contribution in [0.4, 0.5) is 5.69 Å². The minimum absolute atomic E-state index is 0.0628. The molecule has 126 valence electrons. The maximum absolute atomic E-state index is 12.2. The number of nitrogens with one attached hydrogen (secondary N) is 1. The summed E-state index contributed by atoms with van der Waals surface area (Å²) in [7, 11) is 0. The van der Waals surface area contributed by atoms with Crippen molar-refractivity contribution in [3.8, 4) is 5.69 Å². The molecule has 0 saturated carbocycles. The molecule has 0 radical (unpaired) electrons. The van der Waals surface area contributed by atoms with E-state index in [1.807, 2.05) is 48.9 Å². The summed E-state index contributed by atoms with van der Waals surface area (Å²) in [5, 5.41) is 7.33. The van der Waals surface area contributed by atoms with E-state index < -0.39 is 0 Å². The maximum atomic E-state index is 12.2. The van der Waals surface area contributed by atoms with Crippen LogP contribution in [0.2, 0.25) is 0 Å². The molecule has 1 aliphatic heterocycles. The van der Waals surface area contributed by atoms with Crippen molar-refractivity contribution >= 4 is 17.5 Å². The lowest BCUT2D eigenvalue weighted by atomic mass is 10.1. The van der Waals surface area contributed by atoms with E-state index in [-0.39, 0.29) is 18.4 Å². The van der Waals surface area contributed by atoms with Crippen molar-refractivity contribution in [3.05, 3.63) is 41.7 Å². The Kier molecular flexibility index (Phi) is 4.64. The summed E-state index contributed by atoms with van der Waals surface area (Å²) in [5.74, 6) is -0.108. The Bertz CT molecular complexity index is 766. The largest absolute Gasteiger partial charge is 0.333 e. The number of carbonyl (C=O) groups is 2. The molecule has 1 aliphatic rings. The van der Waals surface area contributed by atoms with Gasteiger partial charge in [0.05, 0.1) is 17.9 Å². The van der Waals surface area contributed by atoms with Gasteiger partial charge in [0.15, 0.2) is 0 Å². The molecule has 0 aliphatic carbocycles. The lowest BCUT2D eigenvalue weighted by molar-refractivity contribution is -0.136. The molecule has 2 heterocycles. The molecule has 1 saturated heterocycles. The van der Waals surface area contributed by atoms with Crippen molar-refractivity contribution in [2.45, 2.75) is 33.1 Å². The highest BCUT2D eigenvalue weighted by Crippen LogP contribution is 2.17. The molecular weight excluding hydrogens is 304 g/mol. The molecule has 24 heavy (non-hydrogen) atoms. The van der Waals surface area contributed by atoms with E-state index in [9.17, 15) is 9.59 Å². The van der Waals surface area contributed by atoms with Crippen LogP contribution >= 0.6 is 0 Å². The average Bonchev–Trinajstić information content (AvgIpc) is 2.88. The van der Waals surface area contributed by atoms with Gasteiger partial charge < -0.3 is 10.2 Å². The molecule has 1 fully saturated rings. The van der Waals surface area contributed by atoms with Gasteiger partial charge in [0.2, 0.25) is 11.8 Å². The third kappa shape index (κ3) is 3.64. The normalized spacial score (nSPS) is 14.8. The van der Waals surface area contributed by atoms with E-state index in [4.69, 9.17) is 0 Å². The molecule has 3 rings (SSSR count). The number of piperidine rings is 1. The minimum atomic E-state index is -0.171. The number of amides is 2. The summed E-state index contributed by atoms with van der Waals surface area (Å²) in [6, 6.07) is 9.56. The zero-order valence-electron chi connectivity index (χ0n) is 14.1. The number of hydrogen-bond acceptors (Lipinski definition) is 3. The highest BCUT2D eigenvalue weighted by atomic mass is 16.2. The van der Waals surface area contributed by atoms with E-state index in [0.717, 1.165) is 29.9 Å². The molecule has 0 spiro atoms. The minimum Gasteiger partial charge on any atom is -0.333 e. The van der Waals surface area contributed by atoms with Crippen LogP contribution in [0.3, 0.4) is 0 Å². The summed E-state index contributed by atoms with van der Waals surface area (Å²) in [4.78, 5) is 25.6. The number of aromatic nitrogens is 2. The topological polar surface area (TPSA) is 67.2 Å². The van der Waals surface area contributed by atoms with Crippen LogP contribution < -0.4 is 5.32 Å². The van der Waals surface area contributed by atoms with Crippen molar-refractivity contribution in [2.24, 2.45) is 0 Å². The van der Waals surface area contributed by atoms with Gasteiger partial charge >= 0.3 is 0 Å². The van der Waals surface area contributed by atoms with Gasteiger partial charge in [0.1, 0.15) is 0 Å². The Hall–Kier alpha value is -2.63. The highest BCUT2D eigenvalue weighted by Gasteiger charge is 2.20. The molecule has 6 heteroatoms. The average molecular weight is 326 g/mol. The molecule has 2 aromatic rings. The molecule has 1 N–H and O–H groups in total.